The minimum atomic E-state index is -1.05. The van der Waals surface area contributed by atoms with Crippen LogP contribution >= 0.6 is 15.9 Å². The first-order valence-corrected chi connectivity index (χ1v) is 4.88. The fraction of sp³-hybridized carbons (Fsp3) is 0.222. The first-order valence-electron chi connectivity index (χ1n) is 4.08. The number of halogens is 2. The Morgan fingerprint density at radius 2 is 2.29 bits per heavy atom. The van der Waals surface area contributed by atoms with Crippen LogP contribution in [0.1, 0.15) is 5.56 Å². The Hall–Kier alpha value is -1.10. The van der Waals surface area contributed by atoms with E-state index in [1.165, 1.54) is 12.1 Å². The predicted molar refractivity (Wildman–Crippen MR) is 53.2 cm³/mol. The van der Waals surface area contributed by atoms with Crippen LogP contribution < -0.4 is 4.90 Å². The van der Waals surface area contributed by atoms with Crippen LogP contribution in [-0.4, -0.2) is 17.7 Å². The molecule has 0 aromatic heterocycles. The average molecular weight is 260 g/mol. The van der Waals surface area contributed by atoms with E-state index in [0.717, 1.165) is 4.90 Å². The first-order chi connectivity index (χ1) is 6.61. The van der Waals surface area contributed by atoms with Gasteiger partial charge in [0, 0.05) is 16.6 Å². The van der Waals surface area contributed by atoms with Crippen LogP contribution in [0.4, 0.5) is 14.9 Å². The molecule has 0 unspecified atom stereocenters. The van der Waals surface area contributed by atoms with Gasteiger partial charge in [-0.3, -0.25) is 4.90 Å². The molecule has 0 saturated heterocycles. The van der Waals surface area contributed by atoms with Crippen molar-refractivity contribution in [1.82, 2.24) is 0 Å². The van der Waals surface area contributed by atoms with Crippen molar-refractivity contribution in [3.8, 4) is 0 Å². The van der Waals surface area contributed by atoms with E-state index in [1.807, 2.05) is 0 Å². The second-order valence-electron chi connectivity index (χ2n) is 3.04. The second-order valence-corrected chi connectivity index (χ2v) is 3.89. The molecule has 0 spiro atoms. The van der Waals surface area contributed by atoms with Crippen molar-refractivity contribution in [3.05, 3.63) is 28.0 Å². The molecule has 74 valence electrons. The van der Waals surface area contributed by atoms with E-state index in [4.69, 9.17) is 5.11 Å². The third-order valence-electron chi connectivity index (χ3n) is 2.26. The average Bonchev–Trinajstić information content (AvgIpc) is 2.56. The molecule has 0 aliphatic carbocycles. The Bertz CT molecular complexity index is 408. The summed E-state index contributed by atoms with van der Waals surface area (Å²) in [6.45, 7) is 0.324. The van der Waals surface area contributed by atoms with E-state index >= 15 is 0 Å². The summed E-state index contributed by atoms with van der Waals surface area (Å²) in [5.41, 5.74) is 0.916. The normalized spacial score (nSPS) is 14.3. The maximum atomic E-state index is 13.3. The van der Waals surface area contributed by atoms with Crippen molar-refractivity contribution in [2.24, 2.45) is 0 Å². The molecule has 1 aliphatic rings. The van der Waals surface area contributed by atoms with Gasteiger partial charge in [0.05, 0.1) is 5.69 Å². The summed E-state index contributed by atoms with van der Waals surface area (Å²) in [7, 11) is 0. The molecule has 1 heterocycles. The van der Waals surface area contributed by atoms with Crippen LogP contribution in [-0.2, 0) is 6.42 Å². The Labute approximate surface area is 88.3 Å². The highest BCUT2D eigenvalue weighted by Crippen LogP contribution is 2.36. The summed E-state index contributed by atoms with van der Waals surface area (Å²) in [6.07, 6.45) is -0.609. The molecule has 1 amide bonds. The SMILES string of the molecule is O=C(O)N1CCc2c(F)ccc(Br)c21. The van der Waals surface area contributed by atoms with E-state index in [-0.39, 0.29) is 5.82 Å². The molecule has 0 saturated carbocycles. The quantitative estimate of drug-likeness (QED) is 0.778. The molecule has 1 aliphatic heterocycles. The van der Waals surface area contributed by atoms with Gasteiger partial charge in [0.15, 0.2) is 0 Å². The van der Waals surface area contributed by atoms with Gasteiger partial charge in [0.2, 0.25) is 0 Å². The number of anilines is 1. The lowest BCUT2D eigenvalue weighted by molar-refractivity contribution is 0.202. The van der Waals surface area contributed by atoms with Crippen LogP contribution in [0.5, 0.6) is 0 Å². The molecule has 0 bridgehead atoms. The summed E-state index contributed by atoms with van der Waals surface area (Å²) in [5, 5.41) is 8.86. The summed E-state index contributed by atoms with van der Waals surface area (Å²) in [4.78, 5) is 12.0. The molecule has 14 heavy (non-hydrogen) atoms. The number of amides is 1. The third-order valence-corrected chi connectivity index (χ3v) is 2.90. The monoisotopic (exact) mass is 259 g/mol. The fourth-order valence-corrected chi connectivity index (χ4v) is 2.22. The van der Waals surface area contributed by atoms with Crippen molar-refractivity contribution in [2.45, 2.75) is 6.42 Å². The topological polar surface area (TPSA) is 40.5 Å². The zero-order valence-corrected chi connectivity index (χ0v) is 8.71. The molecular formula is C9H7BrFNO2. The molecular weight excluding hydrogens is 253 g/mol. The summed E-state index contributed by atoms with van der Waals surface area (Å²) in [6, 6.07) is 2.86. The molecule has 0 fully saturated rings. The standard InChI is InChI=1S/C9H7BrFNO2/c10-6-1-2-7(11)5-3-4-12(8(5)6)9(13)14/h1-2H,3-4H2,(H,13,14). The Morgan fingerprint density at radius 1 is 1.57 bits per heavy atom. The largest absolute Gasteiger partial charge is 0.465 e. The van der Waals surface area contributed by atoms with Gasteiger partial charge in [-0.15, -0.1) is 0 Å². The second kappa shape index (κ2) is 3.24. The number of benzene rings is 1. The minimum Gasteiger partial charge on any atom is -0.465 e. The van der Waals surface area contributed by atoms with Crippen LogP contribution in [0.15, 0.2) is 16.6 Å². The molecule has 0 atom stereocenters. The summed E-state index contributed by atoms with van der Waals surface area (Å²) in [5.74, 6) is -0.341. The minimum absolute atomic E-state index is 0.324. The lowest BCUT2D eigenvalue weighted by atomic mass is 10.1. The van der Waals surface area contributed by atoms with Gasteiger partial charge in [0.1, 0.15) is 5.82 Å². The highest BCUT2D eigenvalue weighted by atomic mass is 79.9. The number of rotatable bonds is 0. The zero-order chi connectivity index (χ0) is 10.3. The fourth-order valence-electron chi connectivity index (χ4n) is 1.64. The third kappa shape index (κ3) is 1.28. The van der Waals surface area contributed by atoms with Crippen molar-refractivity contribution >= 4 is 27.7 Å². The van der Waals surface area contributed by atoms with Crippen molar-refractivity contribution < 1.29 is 14.3 Å². The van der Waals surface area contributed by atoms with E-state index < -0.39 is 6.09 Å². The van der Waals surface area contributed by atoms with Gasteiger partial charge in [-0.25, -0.2) is 9.18 Å². The van der Waals surface area contributed by atoms with E-state index in [1.54, 1.807) is 0 Å². The molecule has 5 heteroatoms. The number of carboxylic acid groups (broad SMARTS) is 1. The van der Waals surface area contributed by atoms with Gasteiger partial charge in [0.25, 0.3) is 0 Å². The number of hydrogen-bond acceptors (Lipinski definition) is 1. The maximum Gasteiger partial charge on any atom is 0.411 e. The molecule has 3 nitrogen and oxygen atoms in total. The zero-order valence-electron chi connectivity index (χ0n) is 7.13. The first kappa shape index (κ1) is 9.45. The number of fused-ring (bicyclic) bond motifs is 1. The molecule has 1 aromatic carbocycles. The van der Waals surface area contributed by atoms with Crippen LogP contribution in [0.2, 0.25) is 0 Å². The Balaban J connectivity index is 2.58. The number of nitrogens with zero attached hydrogens (tertiary/aromatic N) is 1. The summed E-state index contributed by atoms with van der Waals surface area (Å²) < 4.78 is 13.9. The number of hydrogen-bond donors (Lipinski definition) is 1. The van der Waals surface area contributed by atoms with Gasteiger partial charge in [-0.1, -0.05) is 0 Å². The Kier molecular flexibility index (Phi) is 2.19. The predicted octanol–water partition coefficient (Wildman–Crippen LogP) is 2.63. The highest BCUT2D eigenvalue weighted by molar-refractivity contribution is 9.10. The van der Waals surface area contributed by atoms with Gasteiger partial charge >= 0.3 is 6.09 Å². The highest BCUT2D eigenvalue weighted by Gasteiger charge is 2.28. The maximum absolute atomic E-state index is 13.3. The van der Waals surface area contributed by atoms with Gasteiger partial charge in [-0.2, -0.15) is 0 Å². The van der Waals surface area contributed by atoms with Gasteiger partial charge in [-0.05, 0) is 34.5 Å². The molecule has 0 radical (unpaired) electrons. The molecule has 1 aromatic rings. The molecule has 2 rings (SSSR count). The smallest absolute Gasteiger partial charge is 0.411 e. The van der Waals surface area contributed by atoms with E-state index in [2.05, 4.69) is 15.9 Å². The Morgan fingerprint density at radius 3 is 2.93 bits per heavy atom. The van der Waals surface area contributed by atoms with Crippen LogP contribution in [0.25, 0.3) is 0 Å². The van der Waals surface area contributed by atoms with Crippen LogP contribution in [0, 0.1) is 5.82 Å². The van der Waals surface area contributed by atoms with E-state index in [0.29, 0.717) is 28.7 Å². The van der Waals surface area contributed by atoms with Gasteiger partial charge < -0.3 is 5.11 Å². The van der Waals surface area contributed by atoms with E-state index in [9.17, 15) is 9.18 Å². The lowest BCUT2D eigenvalue weighted by Crippen LogP contribution is -2.26. The number of carbonyl (C=O) groups is 1. The van der Waals surface area contributed by atoms with Crippen LogP contribution in [0.3, 0.4) is 0 Å². The van der Waals surface area contributed by atoms with Crippen molar-refractivity contribution in [2.75, 3.05) is 11.4 Å². The summed E-state index contributed by atoms with van der Waals surface area (Å²) >= 11 is 3.22. The van der Waals surface area contributed by atoms with Crippen molar-refractivity contribution in [3.63, 3.8) is 0 Å². The van der Waals surface area contributed by atoms with Crippen molar-refractivity contribution in [1.29, 1.82) is 0 Å². The molecule has 1 N–H and O–H groups in total. The lowest BCUT2D eigenvalue weighted by Gasteiger charge is -2.14.